The molecule has 0 fully saturated rings. The topological polar surface area (TPSA) is 55.4 Å². The van der Waals surface area contributed by atoms with E-state index in [-0.39, 0.29) is 18.1 Å². The zero-order valence-corrected chi connectivity index (χ0v) is 11.9. The average Bonchev–Trinajstić information content (AvgIpc) is 2.36. The third kappa shape index (κ3) is 4.73. The van der Waals surface area contributed by atoms with Gasteiger partial charge in [-0.1, -0.05) is 13.8 Å². The fourth-order valence-electron chi connectivity index (χ4n) is 1.69. The number of hydrogen-bond acceptors (Lipinski definition) is 3. The second-order valence-corrected chi connectivity index (χ2v) is 4.96. The molecule has 0 bridgehead atoms. The molecule has 0 heterocycles. The SMILES string of the molecule is COc1ccc(C(C)=O)cc1CC(=O)NCC(C)C. The van der Waals surface area contributed by atoms with Crippen molar-refractivity contribution in [1.82, 2.24) is 5.32 Å². The minimum atomic E-state index is -0.0623. The lowest BCUT2D eigenvalue weighted by molar-refractivity contribution is -0.120. The average molecular weight is 263 g/mol. The van der Waals surface area contributed by atoms with Gasteiger partial charge < -0.3 is 10.1 Å². The van der Waals surface area contributed by atoms with E-state index in [0.29, 0.717) is 23.8 Å². The summed E-state index contributed by atoms with van der Waals surface area (Å²) in [7, 11) is 1.55. The first kappa shape index (κ1) is 15.2. The summed E-state index contributed by atoms with van der Waals surface area (Å²) in [5.41, 5.74) is 1.32. The van der Waals surface area contributed by atoms with Crippen molar-refractivity contribution in [1.29, 1.82) is 0 Å². The smallest absolute Gasteiger partial charge is 0.224 e. The molecular formula is C15H21NO3. The van der Waals surface area contributed by atoms with Gasteiger partial charge in [0.15, 0.2) is 5.78 Å². The van der Waals surface area contributed by atoms with Gasteiger partial charge in [0.25, 0.3) is 0 Å². The van der Waals surface area contributed by atoms with Gasteiger partial charge in [-0.05, 0) is 31.0 Å². The highest BCUT2D eigenvalue weighted by molar-refractivity contribution is 5.94. The van der Waals surface area contributed by atoms with Crippen molar-refractivity contribution in [2.24, 2.45) is 5.92 Å². The normalized spacial score (nSPS) is 10.4. The molecule has 1 amide bonds. The Balaban J connectivity index is 2.82. The van der Waals surface area contributed by atoms with Gasteiger partial charge >= 0.3 is 0 Å². The first-order valence-corrected chi connectivity index (χ1v) is 6.38. The number of carbonyl (C=O) groups is 2. The van der Waals surface area contributed by atoms with E-state index in [1.54, 1.807) is 25.3 Å². The third-order valence-electron chi connectivity index (χ3n) is 2.75. The molecule has 0 saturated carbocycles. The van der Waals surface area contributed by atoms with Crippen LogP contribution in [0.4, 0.5) is 0 Å². The molecule has 0 unspecified atom stereocenters. The van der Waals surface area contributed by atoms with Crippen molar-refractivity contribution in [3.8, 4) is 5.75 Å². The summed E-state index contributed by atoms with van der Waals surface area (Å²) in [4.78, 5) is 23.2. The van der Waals surface area contributed by atoms with E-state index in [1.807, 2.05) is 13.8 Å². The molecule has 4 nitrogen and oxygen atoms in total. The minimum absolute atomic E-state index is 0.0218. The van der Waals surface area contributed by atoms with Crippen LogP contribution in [0.25, 0.3) is 0 Å². The van der Waals surface area contributed by atoms with Gasteiger partial charge in [0.2, 0.25) is 5.91 Å². The number of rotatable bonds is 6. The second-order valence-electron chi connectivity index (χ2n) is 4.96. The van der Waals surface area contributed by atoms with Crippen LogP contribution in [-0.4, -0.2) is 25.3 Å². The number of benzene rings is 1. The van der Waals surface area contributed by atoms with Crippen molar-refractivity contribution in [3.63, 3.8) is 0 Å². The molecule has 104 valence electrons. The van der Waals surface area contributed by atoms with Crippen LogP contribution in [0, 0.1) is 5.92 Å². The van der Waals surface area contributed by atoms with Crippen LogP contribution in [0.5, 0.6) is 5.75 Å². The lowest BCUT2D eigenvalue weighted by Crippen LogP contribution is -2.28. The number of carbonyl (C=O) groups excluding carboxylic acids is 2. The van der Waals surface area contributed by atoms with Gasteiger partial charge in [0.05, 0.1) is 13.5 Å². The third-order valence-corrected chi connectivity index (χ3v) is 2.75. The summed E-state index contributed by atoms with van der Waals surface area (Å²) >= 11 is 0. The number of ketones is 1. The number of Topliss-reactive ketones (excluding diaryl/α,β-unsaturated/α-hetero) is 1. The number of ether oxygens (including phenoxy) is 1. The van der Waals surface area contributed by atoms with Crippen LogP contribution in [0.15, 0.2) is 18.2 Å². The van der Waals surface area contributed by atoms with E-state index in [1.165, 1.54) is 6.92 Å². The highest BCUT2D eigenvalue weighted by Crippen LogP contribution is 2.20. The van der Waals surface area contributed by atoms with Crippen LogP contribution in [0.2, 0.25) is 0 Å². The Bertz CT molecular complexity index is 466. The molecule has 0 aliphatic rings. The molecule has 19 heavy (non-hydrogen) atoms. The molecule has 1 rings (SSSR count). The first-order chi connectivity index (χ1) is 8.93. The molecule has 0 saturated heterocycles. The van der Waals surface area contributed by atoms with Crippen LogP contribution in [0.3, 0.4) is 0 Å². The quantitative estimate of drug-likeness (QED) is 0.801. The zero-order valence-electron chi connectivity index (χ0n) is 11.9. The maximum absolute atomic E-state index is 11.8. The monoisotopic (exact) mass is 263 g/mol. The highest BCUT2D eigenvalue weighted by Gasteiger charge is 2.11. The summed E-state index contributed by atoms with van der Waals surface area (Å²) in [6, 6.07) is 5.15. The van der Waals surface area contributed by atoms with E-state index >= 15 is 0 Å². The highest BCUT2D eigenvalue weighted by atomic mass is 16.5. The maximum Gasteiger partial charge on any atom is 0.224 e. The van der Waals surface area contributed by atoms with Crippen molar-refractivity contribution in [2.75, 3.05) is 13.7 Å². The Morgan fingerprint density at radius 1 is 1.32 bits per heavy atom. The van der Waals surface area contributed by atoms with Crippen LogP contribution in [-0.2, 0) is 11.2 Å². The summed E-state index contributed by atoms with van der Waals surface area (Å²) in [6.07, 6.45) is 0.219. The molecule has 0 aliphatic heterocycles. The van der Waals surface area contributed by atoms with E-state index in [9.17, 15) is 9.59 Å². The van der Waals surface area contributed by atoms with Gasteiger partial charge in [0, 0.05) is 17.7 Å². The first-order valence-electron chi connectivity index (χ1n) is 6.38. The number of nitrogens with one attached hydrogen (secondary N) is 1. The van der Waals surface area contributed by atoms with E-state index in [0.717, 1.165) is 5.56 Å². The number of amides is 1. The molecule has 1 N–H and O–H groups in total. The Kier molecular flexibility index (Phi) is 5.55. The number of methoxy groups -OCH3 is 1. The van der Waals surface area contributed by atoms with Crippen molar-refractivity contribution in [3.05, 3.63) is 29.3 Å². The van der Waals surface area contributed by atoms with Gasteiger partial charge in [-0.3, -0.25) is 9.59 Å². The summed E-state index contributed by atoms with van der Waals surface area (Å²) in [6.45, 7) is 6.23. The van der Waals surface area contributed by atoms with Crippen molar-refractivity contribution < 1.29 is 14.3 Å². The Morgan fingerprint density at radius 2 is 2.00 bits per heavy atom. The van der Waals surface area contributed by atoms with Crippen molar-refractivity contribution in [2.45, 2.75) is 27.2 Å². The predicted molar refractivity (Wildman–Crippen MR) is 74.6 cm³/mol. The molecular weight excluding hydrogens is 242 g/mol. The maximum atomic E-state index is 11.8. The molecule has 1 aromatic rings. The lowest BCUT2D eigenvalue weighted by atomic mass is 10.0. The largest absolute Gasteiger partial charge is 0.496 e. The van der Waals surface area contributed by atoms with Crippen molar-refractivity contribution >= 4 is 11.7 Å². The minimum Gasteiger partial charge on any atom is -0.496 e. The fourth-order valence-corrected chi connectivity index (χ4v) is 1.69. The second kappa shape index (κ2) is 6.92. The molecule has 0 spiro atoms. The van der Waals surface area contributed by atoms with Crippen LogP contribution >= 0.6 is 0 Å². The summed E-state index contributed by atoms with van der Waals surface area (Å²) < 4.78 is 5.22. The summed E-state index contributed by atoms with van der Waals surface area (Å²) in [5, 5.41) is 2.85. The molecule has 0 atom stereocenters. The lowest BCUT2D eigenvalue weighted by Gasteiger charge is -2.11. The van der Waals surface area contributed by atoms with Gasteiger partial charge in [-0.2, -0.15) is 0 Å². The van der Waals surface area contributed by atoms with Crippen LogP contribution in [0.1, 0.15) is 36.7 Å². The zero-order chi connectivity index (χ0) is 14.4. The molecule has 1 aromatic carbocycles. The predicted octanol–water partition coefficient (Wildman–Crippen LogP) is 2.21. The number of hydrogen-bond donors (Lipinski definition) is 1. The fraction of sp³-hybridized carbons (Fsp3) is 0.467. The van der Waals surface area contributed by atoms with E-state index in [4.69, 9.17) is 4.74 Å². The Hall–Kier alpha value is -1.84. The molecule has 0 radical (unpaired) electrons. The standard InChI is InChI=1S/C15H21NO3/c1-10(2)9-16-15(18)8-13-7-12(11(3)17)5-6-14(13)19-4/h5-7,10H,8-9H2,1-4H3,(H,16,18). The van der Waals surface area contributed by atoms with Gasteiger partial charge in [-0.15, -0.1) is 0 Å². The molecule has 0 aromatic heterocycles. The Labute approximate surface area is 114 Å². The van der Waals surface area contributed by atoms with Gasteiger partial charge in [-0.25, -0.2) is 0 Å². The van der Waals surface area contributed by atoms with Gasteiger partial charge in [0.1, 0.15) is 5.75 Å². The molecule has 4 heteroatoms. The molecule has 0 aliphatic carbocycles. The van der Waals surface area contributed by atoms with E-state index in [2.05, 4.69) is 5.32 Å². The Morgan fingerprint density at radius 3 is 2.53 bits per heavy atom. The van der Waals surface area contributed by atoms with Crippen LogP contribution < -0.4 is 10.1 Å². The summed E-state index contributed by atoms with van der Waals surface area (Å²) in [5.74, 6) is 0.957. The van der Waals surface area contributed by atoms with E-state index < -0.39 is 0 Å².